The average Bonchev–Trinajstić information content (AvgIpc) is 3.26. The van der Waals surface area contributed by atoms with Crippen molar-refractivity contribution >= 4 is 32.8 Å². The minimum atomic E-state index is -0.197. The molecule has 154 valence electrons. The number of amides is 1. The van der Waals surface area contributed by atoms with Crippen molar-refractivity contribution in [3.05, 3.63) is 57.6 Å². The monoisotopic (exact) mass is 459 g/mol. The van der Waals surface area contributed by atoms with Crippen LogP contribution < -0.4 is 5.32 Å². The highest BCUT2D eigenvalue weighted by Crippen LogP contribution is 2.28. The molecule has 1 aliphatic rings. The molecule has 3 aromatic rings. The summed E-state index contributed by atoms with van der Waals surface area (Å²) in [4.78, 5) is 17.6. The van der Waals surface area contributed by atoms with Crippen LogP contribution in [0.15, 0.2) is 43.6 Å². The highest BCUT2D eigenvalue weighted by atomic mass is 79.9. The van der Waals surface area contributed by atoms with Crippen LogP contribution in [0.4, 0.5) is 0 Å². The third-order valence-corrected chi connectivity index (χ3v) is 6.12. The smallest absolute Gasteiger partial charge is 0.287 e. The summed E-state index contributed by atoms with van der Waals surface area (Å²) >= 11 is 3.45. The fraction of sp³-hybridized carbons (Fsp3) is 0.409. The molecule has 1 unspecified atom stereocenters. The van der Waals surface area contributed by atoms with Gasteiger partial charge in [-0.25, -0.2) is 0 Å². The maximum atomic E-state index is 12.9. The van der Waals surface area contributed by atoms with Crippen molar-refractivity contribution < 1.29 is 13.6 Å². The Morgan fingerprint density at radius 1 is 1.14 bits per heavy atom. The number of aryl methyl sites for hydroxylation is 2. The minimum Gasteiger partial charge on any atom is -0.465 e. The van der Waals surface area contributed by atoms with Gasteiger partial charge in [0.25, 0.3) is 5.91 Å². The van der Waals surface area contributed by atoms with E-state index >= 15 is 0 Å². The topological polar surface area (TPSA) is 61.9 Å². The number of halogens is 1. The number of nitrogens with one attached hydrogen (secondary N) is 1. The molecule has 3 heterocycles. The van der Waals surface area contributed by atoms with Crippen LogP contribution in [0, 0.1) is 13.8 Å². The molecule has 1 aliphatic heterocycles. The van der Waals surface area contributed by atoms with Gasteiger partial charge in [-0.3, -0.25) is 9.69 Å². The number of benzene rings is 1. The summed E-state index contributed by atoms with van der Waals surface area (Å²) in [6, 6.07) is 9.79. The van der Waals surface area contributed by atoms with Crippen molar-refractivity contribution in [2.75, 3.05) is 39.8 Å². The Kier molecular flexibility index (Phi) is 5.81. The Balaban J connectivity index is 1.52. The maximum Gasteiger partial charge on any atom is 0.287 e. The highest BCUT2D eigenvalue weighted by Gasteiger charge is 2.27. The molecule has 1 saturated heterocycles. The Bertz CT molecular complexity index is 1020. The van der Waals surface area contributed by atoms with Crippen LogP contribution in [0.25, 0.3) is 11.0 Å². The molecule has 4 rings (SSSR count). The van der Waals surface area contributed by atoms with E-state index in [1.807, 2.05) is 44.2 Å². The largest absolute Gasteiger partial charge is 0.465 e. The van der Waals surface area contributed by atoms with Crippen molar-refractivity contribution in [1.29, 1.82) is 0 Å². The van der Waals surface area contributed by atoms with Crippen LogP contribution in [-0.4, -0.2) is 55.5 Å². The van der Waals surface area contributed by atoms with Gasteiger partial charge in [-0.2, -0.15) is 0 Å². The van der Waals surface area contributed by atoms with Crippen molar-refractivity contribution in [2.45, 2.75) is 19.9 Å². The van der Waals surface area contributed by atoms with Crippen LogP contribution in [0.2, 0.25) is 0 Å². The molecule has 0 saturated carbocycles. The molecule has 1 fully saturated rings. The van der Waals surface area contributed by atoms with Crippen LogP contribution >= 0.6 is 15.9 Å². The van der Waals surface area contributed by atoms with Gasteiger partial charge in [-0.05, 0) is 51.2 Å². The van der Waals surface area contributed by atoms with E-state index in [0.29, 0.717) is 17.9 Å². The molecule has 1 atom stereocenters. The van der Waals surface area contributed by atoms with E-state index in [1.54, 1.807) is 0 Å². The zero-order valence-corrected chi connectivity index (χ0v) is 18.6. The molecular weight excluding hydrogens is 434 g/mol. The summed E-state index contributed by atoms with van der Waals surface area (Å²) in [5.41, 5.74) is 1.56. The van der Waals surface area contributed by atoms with E-state index in [2.05, 4.69) is 38.1 Å². The molecule has 0 spiro atoms. The number of hydrogen-bond acceptors (Lipinski definition) is 5. The fourth-order valence-corrected chi connectivity index (χ4v) is 4.20. The standard InChI is InChI=1S/C22H26BrN3O3/c1-14-4-7-19(28-14)18(26-10-8-25(3)9-11-26)13-24-22(27)21-15(2)17-6-5-16(23)12-20(17)29-21/h4-7,12,18H,8-11,13H2,1-3H3,(H,24,27). The van der Waals surface area contributed by atoms with E-state index in [4.69, 9.17) is 8.83 Å². The Labute approximate surface area is 179 Å². The van der Waals surface area contributed by atoms with Crippen LogP contribution in [0.5, 0.6) is 0 Å². The highest BCUT2D eigenvalue weighted by molar-refractivity contribution is 9.10. The van der Waals surface area contributed by atoms with Gasteiger partial charge >= 0.3 is 0 Å². The Morgan fingerprint density at radius 2 is 1.90 bits per heavy atom. The molecule has 1 N–H and O–H groups in total. The molecular formula is C22H26BrN3O3. The number of likely N-dealkylation sites (N-methyl/N-ethyl adjacent to an activating group) is 1. The molecule has 6 nitrogen and oxygen atoms in total. The number of furan rings is 2. The van der Waals surface area contributed by atoms with E-state index in [9.17, 15) is 4.79 Å². The number of nitrogens with zero attached hydrogens (tertiary/aromatic N) is 2. The molecule has 1 amide bonds. The van der Waals surface area contributed by atoms with Crippen LogP contribution in [-0.2, 0) is 0 Å². The molecule has 0 radical (unpaired) electrons. The molecule has 0 bridgehead atoms. The second kappa shape index (κ2) is 8.34. The minimum absolute atomic E-state index is 0.000166. The zero-order chi connectivity index (χ0) is 20.5. The Morgan fingerprint density at radius 3 is 2.59 bits per heavy atom. The SMILES string of the molecule is Cc1ccc(C(CNC(=O)c2oc3cc(Br)ccc3c2C)N2CCN(C)CC2)o1. The molecule has 0 aliphatic carbocycles. The van der Waals surface area contributed by atoms with Crippen LogP contribution in [0.1, 0.15) is 33.7 Å². The lowest BCUT2D eigenvalue weighted by Gasteiger charge is -2.37. The van der Waals surface area contributed by atoms with Crippen molar-refractivity contribution in [3.8, 4) is 0 Å². The summed E-state index contributed by atoms with van der Waals surface area (Å²) in [6.45, 7) is 8.21. The second-order valence-corrected chi connectivity index (χ2v) is 8.63. The number of fused-ring (bicyclic) bond motifs is 1. The maximum absolute atomic E-state index is 12.9. The number of carbonyl (C=O) groups is 1. The van der Waals surface area contributed by atoms with Crippen molar-refractivity contribution in [3.63, 3.8) is 0 Å². The lowest BCUT2D eigenvalue weighted by Crippen LogP contribution is -2.48. The molecule has 2 aromatic heterocycles. The molecule has 29 heavy (non-hydrogen) atoms. The van der Waals surface area contributed by atoms with Gasteiger partial charge in [-0.15, -0.1) is 0 Å². The van der Waals surface area contributed by atoms with Gasteiger partial charge in [0.2, 0.25) is 0 Å². The molecule has 1 aromatic carbocycles. The average molecular weight is 460 g/mol. The van der Waals surface area contributed by atoms with Crippen molar-refractivity contribution in [1.82, 2.24) is 15.1 Å². The summed E-state index contributed by atoms with van der Waals surface area (Å²) in [5.74, 6) is 1.94. The van der Waals surface area contributed by atoms with E-state index in [0.717, 1.165) is 53.1 Å². The van der Waals surface area contributed by atoms with Gasteiger partial charge in [0.05, 0.1) is 6.04 Å². The lowest BCUT2D eigenvalue weighted by molar-refractivity contribution is 0.0831. The summed E-state index contributed by atoms with van der Waals surface area (Å²) < 4.78 is 12.7. The Hall–Kier alpha value is -2.09. The van der Waals surface area contributed by atoms with Crippen molar-refractivity contribution in [2.24, 2.45) is 0 Å². The first-order chi connectivity index (χ1) is 13.9. The second-order valence-electron chi connectivity index (χ2n) is 7.71. The van der Waals surface area contributed by atoms with Gasteiger partial charge in [-0.1, -0.05) is 15.9 Å². The normalized spacial score (nSPS) is 17.0. The van der Waals surface area contributed by atoms with E-state index in [1.165, 1.54) is 0 Å². The predicted octanol–water partition coefficient (Wildman–Crippen LogP) is 4.12. The number of carbonyl (C=O) groups excluding carboxylic acids is 1. The number of hydrogen-bond donors (Lipinski definition) is 1. The third-order valence-electron chi connectivity index (χ3n) is 5.63. The van der Waals surface area contributed by atoms with E-state index in [-0.39, 0.29) is 11.9 Å². The summed E-state index contributed by atoms with van der Waals surface area (Å²) in [7, 11) is 2.13. The molecule has 7 heteroatoms. The quantitative estimate of drug-likeness (QED) is 0.621. The van der Waals surface area contributed by atoms with Gasteiger partial charge in [0, 0.05) is 48.1 Å². The summed E-state index contributed by atoms with van der Waals surface area (Å²) in [5, 5.41) is 4.03. The number of rotatable bonds is 5. The zero-order valence-electron chi connectivity index (χ0n) is 17.0. The predicted molar refractivity (Wildman–Crippen MR) is 116 cm³/mol. The van der Waals surface area contributed by atoms with Gasteiger partial charge < -0.3 is 19.1 Å². The van der Waals surface area contributed by atoms with E-state index < -0.39 is 0 Å². The van der Waals surface area contributed by atoms with Gasteiger partial charge in [0.15, 0.2) is 5.76 Å². The first-order valence-corrected chi connectivity index (χ1v) is 10.7. The first kappa shape index (κ1) is 20.2. The number of piperazine rings is 1. The van der Waals surface area contributed by atoms with Crippen LogP contribution in [0.3, 0.4) is 0 Å². The summed E-state index contributed by atoms with van der Waals surface area (Å²) in [6.07, 6.45) is 0. The first-order valence-electron chi connectivity index (χ1n) is 9.88. The third kappa shape index (κ3) is 4.27. The lowest BCUT2D eigenvalue weighted by atomic mass is 10.1. The fourth-order valence-electron chi connectivity index (χ4n) is 3.86. The van der Waals surface area contributed by atoms with Gasteiger partial charge in [0.1, 0.15) is 17.1 Å².